The number of carbonyl (C=O) groups is 1. The number of hydrogen-bond acceptors (Lipinski definition) is 2. The summed E-state index contributed by atoms with van der Waals surface area (Å²) in [5.41, 5.74) is -0.0476. The molecule has 110 valence electrons. The summed E-state index contributed by atoms with van der Waals surface area (Å²) >= 11 is 0. The van der Waals surface area contributed by atoms with Crippen LogP contribution in [0.15, 0.2) is 0 Å². The van der Waals surface area contributed by atoms with Crippen molar-refractivity contribution in [3.05, 3.63) is 0 Å². The minimum atomic E-state index is -0.0476. The quantitative estimate of drug-likeness (QED) is 0.852. The van der Waals surface area contributed by atoms with Crippen molar-refractivity contribution in [3.63, 3.8) is 0 Å². The number of nitrogens with zero attached hydrogens (tertiary/aromatic N) is 1. The van der Waals surface area contributed by atoms with Gasteiger partial charge in [-0.2, -0.15) is 0 Å². The van der Waals surface area contributed by atoms with Gasteiger partial charge in [0.25, 0.3) is 0 Å². The summed E-state index contributed by atoms with van der Waals surface area (Å²) in [6.07, 6.45) is 5.73. The van der Waals surface area contributed by atoms with Crippen molar-refractivity contribution in [3.8, 4) is 0 Å². The fourth-order valence-corrected chi connectivity index (χ4v) is 4.14. The van der Waals surface area contributed by atoms with Gasteiger partial charge in [-0.1, -0.05) is 26.7 Å². The zero-order valence-electron chi connectivity index (χ0n) is 13.0. The highest BCUT2D eigenvalue weighted by Crippen LogP contribution is 2.45. The minimum absolute atomic E-state index is 0.0476. The van der Waals surface area contributed by atoms with Crippen molar-refractivity contribution in [2.24, 2.45) is 11.3 Å². The molecule has 1 aliphatic carbocycles. The predicted molar refractivity (Wildman–Crippen MR) is 79.0 cm³/mol. The Balaban J connectivity index is 2.18. The zero-order valence-corrected chi connectivity index (χ0v) is 13.0. The lowest BCUT2D eigenvalue weighted by molar-refractivity contribution is -0.148. The third-order valence-corrected chi connectivity index (χ3v) is 4.88. The van der Waals surface area contributed by atoms with Crippen LogP contribution in [0, 0.1) is 11.3 Å². The maximum Gasteiger partial charge on any atom is 0.229 e. The van der Waals surface area contributed by atoms with E-state index in [4.69, 9.17) is 0 Å². The Hall–Kier alpha value is -0.570. The normalized spacial score (nSPS) is 30.9. The van der Waals surface area contributed by atoms with Crippen LogP contribution < -0.4 is 5.32 Å². The predicted octanol–water partition coefficient (Wildman–Crippen LogP) is 2.80. The number of carbonyl (C=O) groups excluding carboxylic acids is 1. The van der Waals surface area contributed by atoms with Crippen LogP contribution in [0.1, 0.15) is 59.8 Å². The lowest BCUT2D eigenvalue weighted by Crippen LogP contribution is -2.60. The van der Waals surface area contributed by atoms with Crippen molar-refractivity contribution < 1.29 is 4.79 Å². The van der Waals surface area contributed by atoms with E-state index in [0.717, 1.165) is 32.4 Å². The molecule has 2 unspecified atom stereocenters. The van der Waals surface area contributed by atoms with Gasteiger partial charge in [-0.05, 0) is 39.0 Å². The Morgan fingerprint density at radius 3 is 2.21 bits per heavy atom. The van der Waals surface area contributed by atoms with Gasteiger partial charge < -0.3 is 10.2 Å². The molecule has 3 heteroatoms. The van der Waals surface area contributed by atoms with Crippen molar-refractivity contribution >= 4 is 5.91 Å². The third kappa shape index (κ3) is 2.96. The maximum absolute atomic E-state index is 13.2. The van der Waals surface area contributed by atoms with E-state index in [1.54, 1.807) is 0 Å². The summed E-state index contributed by atoms with van der Waals surface area (Å²) in [5, 5.41) is 3.42. The second-order valence-corrected chi connectivity index (χ2v) is 7.15. The zero-order chi connectivity index (χ0) is 14.0. The second-order valence-electron chi connectivity index (χ2n) is 7.15. The van der Waals surface area contributed by atoms with Crippen LogP contribution in [-0.2, 0) is 4.79 Å². The minimum Gasteiger partial charge on any atom is -0.334 e. The van der Waals surface area contributed by atoms with Crippen LogP contribution in [-0.4, -0.2) is 36.0 Å². The van der Waals surface area contributed by atoms with Crippen LogP contribution in [0.3, 0.4) is 0 Å². The van der Waals surface area contributed by atoms with Gasteiger partial charge in [-0.15, -0.1) is 0 Å². The van der Waals surface area contributed by atoms with E-state index >= 15 is 0 Å². The van der Waals surface area contributed by atoms with E-state index < -0.39 is 0 Å². The van der Waals surface area contributed by atoms with Gasteiger partial charge in [0.2, 0.25) is 5.91 Å². The van der Waals surface area contributed by atoms with Crippen molar-refractivity contribution in [2.45, 2.75) is 71.9 Å². The van der Waals surface area contributed by atoms with Gasteiger partial charge in [0.1, 0.15) is 0 Å². The van der Waals surface area contributed by atoms with Crippen LogP contribution >= 0.6 is 0 Å². The Labute approximate surface area is 118 Å². The average Bonchev–Trinajstić information content (AvgIpc) is 2.77. The lowest BCUT2D eigenvalue weighted by Gasteiger charge is -2.44. The molecular formula is C16H30N2O. The number of nitrogens with one attached hydrogen (secondary N) is 1. The summed E-state index contributed by atoms with van der Waals surface area (Å²) in [4.78, 5) is 15.4. The molecule has 1 aliphatic heterocycles. The molecule has 1 saturated heterocycles. The molecule has 2 atom stereocenters. The molecule has 19 heavy (non-hydrogen) atoms. The smallest absolute Gasteiger partial charge is 0.229 e. The van der Waals surface area contributed by atoms with Gasteiger partial charge in [-0.3, -0.25) is 4.79 Å². The lowest BCUT2D eigenvalue weighted by atomic mass is 9.76. The Morgan fingerprint density at radius 2 is 1.74 bits per heavy atom. The van der Waals surface area contributed by atoms with Crippen molar-refractivity contribution in [2.75, 3.05) is 13.1 Å². The molecule has 0 aromatic rings. The fraction of sp³-hybridized carbons (Fsp3) is 0.938. The van der Waals surface area contributed by atoms with Gasteiger partial charge in [0.15, 0.2) is 0 Å². The molecule has 0 aromatic carbocycles. The summed E-state index contributed by atoms with van der Waals surface area (Å²) in [6.45, 7) is 10.7. The van der Waals surface area contributed by atoms with Crippen molar-refractivity contribution in [1.82, 2.24) is 10.2 Å². The molecule has 0 aromatic heterocycles. The van der Waals surface area contributed by atoms with Crippen LogP contribution in [0.5, 0.6) is 0 Å². The van der Waals surface area contributed by atoms with Crippen LogP contribution in [0.25, 0.3) is 0 Å². The molecule has 0 spiro atoms. The van der Waals surface area contributed by atoms with E-state index in [0.29, 0.717) is 23.9 Å². The molecule has 1 amide bonds. The molecule has 3 nitrogen and oxygen atoms in total. The number of hydrogen-bond donors (Lipinski definition) is 1. The molecule has 2 rings (SSSR count). The highest BCUT2D eigenvalue weighted by Gasteiger charge is 2.46. The summed E-state index contributed by atoms with van der Waals surface area (Å²) < 4.78 is 0. The topological polar surface area (TPSA) is 32.3 Å². The van der Waals surface area contributed by atoms with Gasteiger partial charge in [0.05, 0.1) is 0 Å². The van der Waals surface area contributed by atoms with E-state index in [-0.39, 0.29) is 5.41 Å². The summed E-state index contributed by atoms with van der Waals surface area (Å²) in [5.74, 6) is 1.05. The number of rotatable bonds is 3. The Bertz CT molecular complexity index is 311. The molecule has 2 fully saturated rings. The van der Waals surface area contributed by atoms with Crippen LogP contribution in [0.4, 0.5) is 0 Å². The molecule has 1 saturated carbocycles. The molecule has 1 N–H and O–H groups in total. The monoisotopic (exact) mass is 266 g/mol. The maximum atomic E-state index is 13.2. The first-order valence-corrected chi connectivity index (χ1v) is 8.00. The molecule has 0 bridgehead atoms. The van der Waals surface area contributed by atoms with E-state index in [1.807, 2.05) is 0 Å². The summed E-state index contributed by atoms with van der Waals surface area (Å²) in [6, 6.07) is 0.668. The first-order chi connectivity index (χ1) is 8.96. The fourth-order valence-electron chi connectivity index (χ4n) is 4.14. The highest BCUT2D eigenvalue weighted by molar-refractivity contribution is 5.83. The first-order valence-electron chi connectivity index (χ1n) is 8.00. The van der Waals surface area contributed by atoms with E-state index in [2.05, 4.69) is 37.9 Å². The first kappa shape index (κ1) is 14.8. The number of piperazine rings is 1. The number of amides is 1. The largest absolute Gasteiger partial charge is 0.334 e. The summed E-state index contributed by atoms with van der Waals surface area (Å²) in [7, 11) is 0. The van der Waals surface area contributed by atoms with Gasteiger partial charge in [-0.25, -0.2) is 0 Å². The molecule has 1 heterocycles. The van der Waals surface area contributed by atoms with E-state index in [9.17, 15) is 4.79 Å². The van der Waals surface area contributed by atoms with Crippen molar-refractivity contribution in [1.29, 1.82) is 0 Å². The SMILES string of the molecule is CC(C)CC1(C(=O)N2C(C)CNCC2C)CCCC1. The Kier molecular flexibility index (Phi) is 4.54. The molecule has 2 aliphatic rings. The van der Waals surface area contributed by atoms with Crippen LogP contribution in [0.2, 0.25) is 0 Å². The van der Waals surface area contributed by atoms with Gasteiger partial charge >= 0.3 is 0 Å². The molecule has 0 radical (unpaired) electrons. The van der Waals surface area contributed by atoms with Gasteiger partial charge in [0, 0.05) is 30.6 Å². The average molecular weight is 266 g/mol. The Morgan fingerprint density at radius 1 is 1.21 bits per heavy atom. The highest BCUT2D eigenvalue weighted by atomic mass is 16.2. The van der Waals surface area contributed by atoms with E-state index in [1.165, 1.54) is 12.8 Å². The standard InChI is InChI=1S/C16H30N2O/c1-12(2)9-16(7-5-6-8-16)15(19)18-13(3)10-17-11-14(18)4/h12-14,17H,5-11H2,1-4H3. The third-order valence-electron chi connectivity index (χ3n) is 4.88. The second kappa shape index (κ2) is 5.82. The molecular weight excluding hydrogens is 236 g/mol.